The summed E-state index contributed by atoms with van der Waals surface area (Å²) in [5.74, 6) is 1.46. The van der Waals surface area contributed by atoms with Gasteiger partial charge < -0.3 is 28.3 Å². The van der Waals surface area contributed by atoms with E-state index < -0.39 is 11.9 Å². The monoisotopic (exact) mass is 723 g/mol. The first-order valence-electron chi connectivity index (χ1n) is 18.5. The van der Waals surface area contributed by atoms with Crippen LogP contribution in [-0.2, 0) is 14.2 Å². The zero-order chi connectivity index (χ0) is 37.5. The van der Waals surface area contributed by atoms with Crippen LogP contribution in [0.3, 0.4) is 0 Å². The second kappa shape index (κ2) is 14.5. The van der Waals surface area contributed by atoms with Gasteiger partial charge in [0, 0.05) is 76.3 Å². The highest BCUT2D eigenvalue weighted by molar-refractivity contribution is 6.04. The lowest BCUT2D eigenvalue weighted by Crippen LogP contribution is -2.36. The number of rotatable bonds is 7. The molecule has 0 amide bonds. The number of hydrogen-bond acceptors (Lipinski definition) is 8. The summed E-state index contributed by atoms with van der Waals surface area (Å²) >= 11 is 0. The average Bonchev–Trinajstić information content (AvgIpc) is 3.22. The Bertz CT molecular complexity index is 2410. The first-order chi connectivity index (χ1) is 26.4. The van der Waals surface area contributed by atoms with Gasteiger partial charge in [0.2, 0.25) is 5.36 Å². The first-order valence-corrected chi connectivity index (χ1v) is 18.5. The second-order valence-electron chi connectivity index (χ2n) is 13.6. The van der Waals surface area contributed by atoms with Gasteiger partial charge in [-0.3, -0.25) is 0 Å². The van der Waals surface area contributed by atoms with Gasteiger partial charge in [-0.15, -0.1) is 0 Å². The lowest BCUT2D eigenvalue weighted by atomic mass is 9.74. The van der Waals surface area contributed by atoms with Gasteiger partial charge in [-0.1, -0.05) is 43.3 Å². The zero-order valence-corrected chi connectivity index (χ0v) is 31.2. The second-order valence-corrected chi connectivity index (χ2v) is 13.6. The normalized spacial score (nSPS) is 16.1. The molecule has 0 bridgehead atoms. The quantitative estimate of drug-likeness (QED) is 0.125. The SMILES string of the molecule is CC[N+](CC)=c1ccc2c(-c3ccccc3C(=O)OC)c3c(oc-2c1)C=C1Oc2cc(N4CCOCC4)ccc2C(c2ccccc2C(=O)OC)=C1C3C. The Hall–Kier alpha value is -5.93. The number of benzene rings is 4. The molecule has 2 aliphatic carbocycles. The molecule has 8 rings (SSSR count). The van der Waals surface area contributed by atoms with Crippen molar-refractivity contribution in [1.29, 1.82) is 0 Å². The number of allylic oxidation sites excluding steroid dienone is 1. The van der Waals surface area contributed by atoms with Gasteiger partial charge in [0.15, 0.2) is 0 Å². The molecule has 9 nitrogen and oxygen atoms in total. The van der Waals surface area contributed by atoms with E-state index in [1.807, 2.05) is 42.5 Å². The summed E-state index contributed by atoms with van der Waals surface area (Å²) in [4.78, 5) is 29.0. The number of hydrogen-bond donors (Lipinski definition) is 0. The summed E-state index contributed by atoms with van der Waals surface area (Å²) in [5.41, 5.74) is 8.71. The van der Waals surface area contributed by atoms with E-state index in [0.29, 0.717) is 47.4 Å². The molecule has 0 spiro atoms. The molecule has 3 aliphatic heterocycles. The predicted octanol–water partition coefficient (Wildman–Crippen LogP) is 7.63. The van der Waals surface area contributed by atoms with Gasteiger partial charge in [0.25, 0.3) is 0 Å². The molecule has 54 heavy (non-hydrogen) atoms. The fourth-order valence-electron chi connectivity index (χ4n) is 8.19. The van der Waals surface area contributed by atoms with E-state index in [0.717, 1.165) is 81.8 Å². The lowest BCUT2D eigenvalue weighted by Gasteiger charge is -2.36. The minimum atomic E-state index is -0.427. The van der Waals surface area contributed by atoms with E-state index in [4.69, 9.17) is 23.4 Å². The lowest BCUT2D eigenvalue weighted by molar-refractivity contribution is 0.0592. The molecule has 1 fully saturated rings. The Morgan fingerprint density at radius 2 is 1.44 bits per heavy atom. The van der Waals surface area contributed by atoms with Gasteiger partial charge in [0.05, 0.1) is 44.6 Å². The van der Waals surface area contributed by atoms with Crippen LogP contribution < -0.4 is 19.6 Å². The molecule has 0 aromatic heterocycles. The van der Waals surface area contributed by atoms with Gasteiger partial charge in [0.1, 0.15) is 36.1 Å². The molecule has 5 aliphatic rings. The van der Waals surface area contributed by atoms with Crippen LogP contribution in [0.15, 0.2) is 101 Å². The summed E-state index contributed by atoms with van der Waals surface area (Å²) in [7, 11) is 2.80. The number of carbonyl (C=O) groups excluding carboxylic acids is 2. The summed E-state index contributed by atoms with van der Waals surface area (Å²) in [6.45, 7) is 11.0. The molecule has 0 N–H and O–H groups in total. The van der Waals surface area contributed by atoms with Crippen molar-refractivity contribution in [2.24, 2.45) is 0 Å². The third kappa shape index (κ3) is 5.89. The standard InChI is InChI=1S/C45H43N2O7/c1-6-46(7-2)28-16-18-34-36(24-28)53-38-26-39-41(27(3)40(38)42(34)30-12-8-10-14-32(30)44(48)50-4)43(31-13-9-11-15-33(31)45(49)51-5)35-19-17-29(25-37(35)54-39)47-20-22-52-23-21-47/h8-19,24-27H,6-7,20-23H2,1-5H3/q+1. The van der Waals surface area contributed by atoms with Crippen LogP contribution in [0.5, 0.6) is 5.75 Å². The van der Waals surface area contributed by atoms with Crippen LogP contribution >= 0.6 is 0 Å². The van der Waals surface area contributed by atoms with Gasteiger partial charge in [-0.25, -0.2) is 14.2 Å². The third-order valence-corrected chi connectivity index (χ3v) is 10.8. The molecule has 1 atom stereocenters. The van der Waals surface area contributed by atoms with E-state index in [1.54, 1.807) is 12.1 Å². The maximum Gasteiger partial charge on any atom is 0.338 e. The molecule has 3 aromatic carbocycles. The van der Waals surface area contributed by atoms with Crippen LogP contribution in [0.4, 0.5) is 5.69 Å². The number of fused-ring (bicyclic) bond motifs is 4. The van der Waals surface area contributed by atoms with Crippen LogP contribution in [0.25, 0.3) is 34.1 Å². The Labute approximate surface area is 314 Å². The molecule has 0 saturated carbocycles. The van der Waals surface area contributed by atoms with E-state index >= 15 is 0 Å². The van der Waals surface area contributed by atoms with Gasteiger partial charge in [-0.05, 0) is 55.3 Å². The number of morpholine rings is 1. The number of esters is 2. The van der Waals surface area contributed by atoms with Crippen molar-refractivity contribution in [3.8, 4) is 28.2 Å². The van der Waals surface area contributed by atoms with E-state index in [-0.39, 0.29) is 5.92 Å². The van der Waals surface area contributed by atoms with E-state index in [9.17, 15) is 9.59 Å². The first kappa shape index (κ1) is 35.1. The largest absolute Gasteiger partial charge is 0.465 e. The molecule has 3 aromatic rings. The predicted molar refractivity (Wildman–Crippen MR) is 209 cm³/mol. The van der Waals surface area contributed by atoms with Crippen molar-refractivity contribution in [2.75, 3.05) is 58.5 Å². The molecular weight excluding hydrogens is 681 g/mol. The van der Waals surface area contributed by atoms with E-state index in [1.165, 1.54) is 14.2 Å². The Morgan fingerprint density at radius 3 is 2.13 bits per heavy atom. The Kier molecular flexibility index (Phi) is 9.42. The zero-order valence-electron chi connectivity index (χ0n) is 31.2. The highest BCUT2D eigenvalue weighted by atomic mass is 16.5. The fraction of sp³-hybridized carbons (Fsp3) is 0.267. The van der Waals surface area contributed by atoms with Crippen molar-refractivity contribution < 1.29 is 33.0 Å². The van der Waals surface area contributed by atoms with Crippen LogP contribution in [0.2, 0.25) is 0 Å². The average molecular weight is 724 g/mol. The summed E-state index contributed by atoms with van der Waals surface area (Å²) in [6.07, 6.45) is 1.96. The van der Waals surface area contributed by atoms with Gasteiger partial charge >= 0.3 is 11.9 Å². The summed E-state index contributed by atoms with van der Waals surface area (Å²) in [6, 6.07) is 27.6. The maximum atomic E-state index is 13.4. The maximum absolute atomic E-state index is 13.4. The molecule has 1 unspecified atom stereocenters. The fourth-order valence-corrected chi connectivity index (χ4v) is 8.19. The Balaban J connectivity index is 1.45. The molecule has 1 saturated heterocycles. The number of carbonyl (C=O) groups is 2. The number of nitrogens with zero attached hydrogens (tertiary/aromatic N) is 2. The molecule has 0 radical (unpaired) electrons. The number of anilines is 1. The Morgan fingerprint density at radius 1 is 0.796 bits per heavy atom. The van der Waals surface area contributed by atoms with Crippen molar-refractivity contribution in [2.45, 2.75) is 26.7 Å². The van der Waals surface area contributed by atoms with Gasteiger partial charge in [-0.2, -0.15) is 0 Å². The van der Waals surface area contributed by atoms with E-state index in [2.05, 4.69) is 66.6 Å². The summed E-state index contributed by atoms with van der Waals surface area (Å²) in [5, 5.41) is 1.04. The minimum absolute atomic E-state index is 0.316. The smallest absolute Gasteiger partial charge is 0.338 e. The molecule has 274 valence electrons. The summed E-state index contributed by atoms with van der Waals surface area (Å²) < 4.78 is 32.3. The van der Waals surface area contributed by atoms with Crippen LogP contribution in [-0.4, -0.2) is 65.6 Å². The van der Waals surface area contributed by atoms with Crippen molar-refractivity contribution in [3.63, 3.8) is 0 Å². The van der Waals surface area contributed by atoms with Crippen molar-refractivity contribution in [3.05, 3.63) is 135 Å². The van der Waals surface area contributed by atoms with Crippen LogP contribution in [0.1, 0.15) is 69.9 Å². The minimum Gasteiger partial charge on any atom is -0.465 e. The number of ether oxygens (including phenoxy) is 4. The number of methoxy groups -OCH3 is 2. The van der Waals surface area contributed by atoms with Crippen LogP contribution in [0, 0.1) is 0 Å². The molecule has 9 heteroatoms. The topological polar surface area (TPSA) is 90.5 Å². The highest BCUT2D eigenvalue weighted by Crippen LogP contribution is 2.54. The van der Waals surface area contributed by atoms with Crippen molar-refractivity contribution in [1.82, 2.24) is 4.58 Å². The molecular formula is C45H43N2O7+. The van der Waals surface area contributed by atoms with Crippen molar-refractivity contribution >= 4 is 29.3 Å². The molecule has 3 heterocycles. The third-order valence-electron chi connectivity index (χ3n) is 10.8. The highest BCUT2D eigenvalue weighted by Gasteiger charge is 2.39.